The van der Waals surface area contributed by atoms with Gasteiger partial charge in [-0.25, -0.2) is 0 Å². The number of thioether (sulfide) groups is 1. The monoisotopic (exact) mass is 563 g/mol. The number of nitrogens with one attached hydrogen (secondary N) is 3. The highest BCUT2D eigenvalue weighted by atomic mass is 32.2. The van der Waals surface area contributed by atoms with Crippen LogP contribution in [0.15, 0.2) is 108 Å². The zero-order valence-corrected chi connectivity index (χ0v) is 24.3. The number of hydrogen-bond donors (Lipinski definition) is 3. The normalized spacial score (nSPS) is 11.9. The van der Waals surface area contributed by atoms with Gasteiger partial charge in [0.15, 0.2) is 0 Å². The molecule has 0 saturated carbocycles. The molecular weight excluding hydrogens is 530 g/mol. The number of benzene rings is 4. The summed E-state index contributed by atoms with van der Waals surface area (Å²) < 4.78 is 0. The quantitative estimate of drug-likeness (QED) is 0.149. The first kappa shape index (κ1) is 29.4. The molecule has 1 atom stereocenters. The van der Waals surface area contributed by atoms with Crippen LogP contribution < -0.4 is 16.0 Å². The van der Waals surface area contributed by atoms with Crippen LogP contribution in [0.2, 0.25) is 0 Å². The Balaban J connectivity index is 1.47. The number of amides is 3. The molecule has 1 unspecified atom stereocenters. The van der Waals surface area contributed by atoms with Crippen molar-refractivity contribution in [2.75, 3.05) is 10.6 Å². The Morgan fingerprint density at radius 1 is 0.707 bits per heavy atom. The van der Waals surface area contributed by atoms with Crippen molar-refractivity contribution in [2.24, 2.45) is 0 Å². The van der Waals surface area contributed by atoms with Gasteiger partial charge in [0, 0.05) is 21.8 Å². The van der Waals surface area contributed by atoms with E-state index >= 15 is 0 Å². The first-order valence-electron chi connectivity index (χ1n) is 13.3. The predicted octanol–water partition coefficient (Wildman–Crippen LogP) is 7.14. The Labute approximate surface area is 245 Å². The number of carbonyl (C=O) groups excluding carboxylic acids is 3. The molecule has 3 amide bonds. The molecule has 6 nitrogen and oxygen atoms in total. The second-order valence-electron chi connectivity index (χ2n) is 9.90. The standard InChI is InChI=1S/C34H33N3O3S/c1-22-13-15-26(16-14-22)20-31(37-33(39)27-9-6-5-7-10-27)34(40)35-28-11-8-12-30(21-28)41-25(4)32(38)36-29-18-23(2)17-24(3)19-29/h5-21,25H,1-4H3,(H,35,40)(H,36,38)(H,37,39)/b31-20-. The fourth-order valence-electron chi connectivity index (χ4n) is 4.17. The lowest BCUT2D eigenvalue weighted by atomic mass is 10.1. The summed E-state index contributed by atoms with van der Waals surface area (Å²) >= 11 is 1.39. The SMILES string of the molecule is Cc1ccc(/C=C(\NC(=O)c2ccccc2)C(=O)Nc2cccc(SC(C)C(=O)Nc3cc(C)cc(C)c3)c2)cc1. The lowest BCUT2D eigenvalue weighted by Gasteiger charge is -2.15. The summed E-state index contributed by atoms with van der Waals surface area (Å²) in [5.41, 5.74) is 5.91. The molecule has 0 aromatic heterocycles. The third-order valence-electron chi connectivity index (χ3n) is 6.18. The maximum absolute atomic E-state index is 13.4. The minimum absolute atomic E-state index is 0.110. The maximum atomic E-state index is 13.4. The van der Waals surface area contributed by atoms with Crippen molar-refractivity contribution in [3.8, 4) is 0 Å². The second-order valence-corrected chi connectivity index (χ2v) is 11.3. The van der Waals surface area contributed by atoms with Gasteiger partial charge in [-0.3, -0.25) is 14.4 Å². The highest BCUT2D eigenvalue weighted by Crippen LogP contribution is 2.27. The lowest BCUT2D eigenvalue weighted by Crippen LogP contribution is -2.30. The van der Waals surface area contributed by atoms with Gasteiger partial charge in [0.1, 0.15) is 5.70 Å². The molecule has 0 radical (unpaired) electrons. The van der Waals surface area contributed by atoms with E-state index in [1.807, 2.05) is 88.4 Å². The third kappa shape index (κ3) is 8.68. The fraction of sp³-hybridized carbons (Fsp3) is 0.147. The minimum Gasteiger partial charge on any atom is -0.325 e. The van der Waals surface area contributed by atoms with Crippen LogP contribution in [0.3, 0.4) is 0 Å². The third-order valence-corrected chi connectivity index (χ3v) is 7.27. The summed E-state index contributed by atoms with van der Waals surface area (Å²) in [4.78, 5) is 40.0. The average Bonchev–Trinajstić information content (AvgIpc) is 2.94. The van der Waals surface area contributed by atoms with Crippen molar-refractivity contribution >= 4 is 46.9 Å². The smallest absolute Gasteiger partial charge is 0.272 e. The topological polar surface area (TPSA) is 87.3 Å². The molecule has 0 heterocycles. The van der Waals surface area contributed by atoms with Crippen molar-refractivity contribution < 1.29 is 14.4 Å². The molecule has 4 rings (SSSR count). The number of aryl methyl sites for hydroxylation is 3. The van der Waals surface area contributed by atoms with Crippen molar-refractivity contribution in [1.82, 2.24) is 5.32 Å². The van der Waals surface area contributed by atoms with Gasteiger partial charge in [0.2, 0.25) is 5.91 Å². The van der Waals surface area contributed by atoms with Gasteiger partial charge in [-0.15, -0.1) is 11.8 Å². The van der Waals surface area contributed by atoms with Crippen LogP contribution in [0.1, 0.15) is 39.5 Å². The highest BCUT2D eigenvalue weighted by Gasteiger charge is 2.17. The van der Waals surface area contributed by atoms with Crippen molar-refractivity contribution in [1.29, 1.82) is 0 Å². The molecule has 3 N–H and O–H groups in total. The molecule has 4 aromatic carbocycles. The van der Waals surface area contributed by atoms with Gasteiger partial charge in [-0.05, 0) is 92.9 Å². The summed E-state index contributed by atoms with van der Waals surface area (Å²) in [5, 5.41) is 8.27. The predicted molar refractivity (Wildman–Crippen MR) is 168 cm³/mol. The first-order valence-corrected chi connectivity index (χ1v) is 14.2. The zero-order valence-electron chi connectivity index (χ0n) is 23.5. The Kier molecular flexibility index (Phi) is 9.77. The summed E-state index contributed by atoms with van der Waals surface area (Å²) in [6.07, 6.45) is 1.65. The van der Waals surface area contributed by atoms with Crippen LogP contribution in [0, 0.1) is 20.8 Å². The molecule has 0 aliphatic rings. The molecule has 0 fully saturated rings. The number of hydrogen-bond acceptors (Lipinski definition) is 4. The largest absolute Gasteiger partial charge is 0.325 e. The molecule has 0 aliphatic carbocycles. The molecule has 0 bridgehead atoms. The number of rotatable bonds is 9. The molecule has 208 valence electrons. The molecule has 41 heavy (non-hydrogen) atoms. The van der Waals surface area contributed by atoms with Crippen LogP contribution in [0.25, 0.3) is 6.08 Å². The van der Waals surface area contributed by atoms with Crippen molar-refractivity contribution in [3.05, 3.63) is 131 Å². The minimum atomic E-state index is -0.461. The van der Waals surface area contributed by atoms with Crippen LogP contribution >= 0.6 is 11.8 Å². The second kappa shape index (κ2) is 13.6. The summed E-state index contributed by atoms with van der Waals surface area (Å²) in [6, 6.07) is 29.6. The van der Waals surface area contributed by atoms with Gasteiger partial charge in [0.05, 0.1) is 5.25 Å². The molecule has 7 heteroatoms. The van der Waals surface area contributed by atoms with E-state index in [1.165, 1.54) is 11.8 Å². The zero-order chi connectivity index (χ0) is 29.4. The fourth-order valence-corrected chi connectivity index (χ4v) is 5.09. The van der Waals surface area contributed by atoms with Crippen LogP contribution in [0.4, 0.5) is 11.4 Å². The van der Waals surface area contributed by atoms with Crippen molar-refractivity contribution in [2.45, 2.75) is 37.8 Å². The van der Waals surface area contributed by atoms with Crippen LogP contribution in [-0.4, -0.2) is 23.0 Å². The molecule has 0 aliphatic heterocycles. The molecule has 0 saturated heterocycles. The maximum Gasteiger partial charge on any atom is 0.272 e. The van der Waals surface area contributed by atoms with Gasteiger partial charge >= 0.3 is 0 Å². The Morgan fingerprint density at radius 3 is 2.07 bits per heavy atom. The summed E-state index contributed by atoms with van der Waals surface area (Å²) in [6.45, 7) is 7.82. The number of carbonyl (C=O) groups is 3. The Morgan fingerprint density at radius 2 is 1.39 bits per heavy atom. The van der Waals surface area contributed by atoms with Crippen LogP contribution in [0.5, 0.6) is 0 Å². The van der Waals surface area contributed by atoms with Crippen molar-refractivity contribution in [3.63, 3.8) is 0 Å². The van der Waals surface area contributed by atoms with Gasteiger partial charge in [-0.1, -0.05) is 60.2 Å². The first-order chi connectivity index (χ1) is 19.7. The van der Waals surface area contributed by atoms with Gasteiger partial charge in [-0.2, -0.15) is 0 Å². The lowest BCUT2D eigenvalue weighted by molar-refractivity contribution is -0.115. The summed E-state index contributed by atoms with van der Waals surface area (Å²) in [7, 11) is 0. The Bertz CT molecular complexity index is 1560. The van der Waals surface area contributed by atoms with Gasteiger partial charge < -0.3 is 16.0 Å². The van der Waals surface area contributed by atoms with E-state index in [0.29, 0.717) is 11.3 Å². The Hall–Kier alpha value is -4.62. The van der Waals surface area contributed by atoms with E-state index in [-0.39, 0.29) is 22.8 Å². The summed E-state index contributed by atoms with van der Waals surface area (Å²) in [5.74, 6) is -0.953. The molecular formula is C34H33N3O3S. The van der Waals surface area contributed by atoms with E-state index < -0.39 is 5.91 Å². The molecule has 0 spiro atoms. The van der Waals surface area contributed by atoms with E-state index in [4.69, 9.17) is 0 Å². The molecule has 4 aromatic rings. The number of anilines is 2. The van der Waals surface area contributed by atoms with E-state index in [9.17, 15) is 14.4 Å². The van der Waals surface area contributed by atoms with E-state index in [1.54, 1.807) is 36.4 Å². The van der Waals surface area contributed by atoms with E-state index in [2.05, 4.69) is 22.0 Å². The van der Waals surface area contributed by atoms with Gasteiger partial charge in [0.25, 0.3) is 11.8 Å². The highest BCUT2D eigenvalue weighted by molar-refractivity contribution is 8.00. The van der Waals surface area contributed by atoms with E-state index in [0.717, 1.165) is 32.8 Å². The average molecular weight is 564 g/mol. The van der Waals surface area contributed by atoms with Crippen LogP contribution in [-0.2, 0) is 9.59 Å².